The molecule has 0 radical (unpaired) electrons. The largest absolute Gasteiger partial charge is 0.360 e. The molecule has 0 atom stereocenters. The summed E-state index contributed by atoms with van der Waals surface area (Å²) in [4.78, 5) is 0. The zero-order valence-electron chi connectivity index (χ0n) is 12.6. The van der Waals surface area contributed by atoms with E-state index in [0.29, 0.717) is 5.57 Å². The van der Waals surface area contributed by atoms with Gasteiger partial charge in [0.15, 0.2) is 0 Å². The lowest BCUT2D eigenvalue weighted by molar-refractivity contribution is 0.592. The van der Waals surface area contributed by atoms with Crippen molar-refractivity contribution < 1.29 is 0 Å². The van der Waals surface area contributed by atoms with Crippen LogP contribution in [0.15, 0.2) is 24.4 Å². The van der Waals surface area contributed by atoms with Crippen LogP contribution in [0.5, 0.6) is 0 Å². The van der Waals surface area contributed by atoms with E-state index in [1.807, 2.05) is 19.1 Å². The Morgan fingerprint density at radius 3 is 2.71 bits per heavy atom. The van der Waals surface area contributed by atoms with Gasteiger partial charge in [0.1, 0.15) is 11.6 Å². The van der Waals surface area contributed by atoms with E-state index >= 15 is 0 Å². The highest BCUT2D eigenvalue weighted by atomic mass is 15.5. The second kappa shape index (κ2) is 5.75. The number of anilines is 1. The van der Waals surface area contributed by atoms with Gasteiger partial charge >= 0.3 is 0 Å². The van der Waals surface area contributed by atoms with Crippen LogP contribution in [0, 0.1) is 18.3 Å². The van der Waals surface area contributed by atoms with Crippen molar-refractivity contribution in [3.8, 4) is 6.07 Å². The van der Waals surface area contributed by atoms with Crippen LogP contribution < -0.4 is 5.32 Å². The molecular weight excluding hydrogens is 264 g/mol. The number of para-hydroxylation sites is 1. The second-order valence-electron chi connectivity index (χ2n) is 5.80. The number of allylic oxidation sites excluding steroid dienone is 1. The fraction of sp³-hybridized carbons (Fsp3) is 0.333. The van der Waals surface area contributed by atoms with Crippen LogP contribution in [0.25, 0.3) is 5.57 Å². The van der Waals surface area contributed by atoms with Crippen LogP contribution in [0.2, 0.25) is 0 Å². The van der Waals surface area contributed by atoms with E-state index in [9.17, 15) is 5.26 Å². The molecule has 1 heterocycles. The summed E-state index contributed by atoms with van der Waals surface area (Å²) in [5.41, 5.74) is 3.63. The monoisotopic (exact) mass is 282 g/mol. The van der Waals surface area contributed by atoms with Crippen molar-refractivity contribution in [3.05, 3.63) is 41.4 Å². The Hall–Kier alpha value is -2.68. The SMILES string of the molecule is Cc1cccc(C(C)(C)C)c1NC=C(C#N)c1nn[nH]n1. The summed E-state index contributed by atoms with van der Waals surface area (Å²) in [5, 5.41) is 25.9. The lowest BCUT2D eigenvalue weighted by Gasteiger charge is -2.24. The molecule has 21 heavy (non-hydrogen) atoms. The number of aromatic nitrogens is 4. The third-order valence-electron chi connectivity index (χ3n) is 3.15. The Morgan fingerprint density at radius 2 is 2.14 bits per heavy atom. The Bertz CT molecular complexity index is 686. The number of hydrogen-bond donors (Lipinski definition) is 2. The summed E-state index contributed by atoms with van der Waals surface area (Å²) in [6.07, 6.45) is 1.61. The van der Waals surface area contributed by atoms with Gasteiger partial charge in [-0.3, -0.25) is 0 Å². The van der Waals surface area contributed by atoms with Crippen molar-refractivity contribution in [1.82, 2.24) is 20.6 Å². The van der Waals surface area contributed by atoms with Crippen LogP contribution >= 0.6 is 0 Å². The molecule has 1 aromatic carbocycles. The van der Waals surface area contributed by atoms with E-state index in [1.54, 1.807) is 6.20 Å². The second-order valence-corrected chi connectivity index (χ2v) is 5.80. The highest BCUT2D eigenvalue weighted by Gasteiger charge is 2.18. The summed E-state index contributed by atoms with van der Waals surface area (Å²) in [6.45, 7) is 8.50. The number of tetrazole rings is 1. The number of nitriles is 1. The van der Waals surface area contributed by atoms with Gasteiger partial charge in [-0.2, -0.15) is 10.5 Å². The first kappa shape index (κ1) is 14.7. The van der Waals surface area contributed by atoms with Gasteiger partial charge in [0, 0.05) is 11.9 Å². The predicted molar refractivity (Wildman–Crippen MR) is 81.3 cm³/mol. The molecule has 0 aliphatic carbocycles. The van der Waals surface area contributed by atoms with Gasteiger partial charge in [0.05, 0.1) is 0 Å². The average Bonchev–Trinajstić information content (AvgIpc) is 2.93. The van der Waals surface area contributed by atoms with Crippen molar-refractivity contribution in [2.24, 2.45) is 0 Å². The normalized spacial score (nSPS) is 12.0. The highest BCUT2D eigenvalue weighted by molar-refractivity contribution is 5.75. The molecule has 6 heteroatoms. The smallest absolute Gasteiger partial charge is 0.216 e. The molecule has 2 aromatic rings. The fourth-order valence-electron chi connectivity index (χ4n) is 2.05. The lowest BCUT2D eigenvalue weighted by Crippen LogP contribution is -2.14. The van der Waals surface area contributed by atoms with Gasteiger partial charge in [-0.05, 0) is 28.7 Å². The van der Waals surface area contributed by atoms with Crippen LogP contribution in [0.1, 0.15) is 37.7 Å². The lowest BCUT2D eigenvalue weighted by atomic mass is 9.84. The minimum Gasteiger partial charge on any atom is -0.360 e. The fourth-order valence-corrected chi connectivity index (χ4v) is 2.05. The van der Waals surface area contributed by atoms with Crippen LogP contribution in [0.3, 0.4) is 0 Å². The Kier molecular flexibility index (Phi) is 4.03. The third-order valence-corrected chi connectivity index (χ3v) is 3.15. The highest BCUT2D eigenvalue weighted by Crippen LogP contribution is 2.32. The van der Waals surface area contributed by atoms with Crippen LogP contribution in [-0.2, 0) is 5.41 Å². The number of nitrogens with zero attached hydrogens (tertiary/aromatic N) is 4. The number of benzene rings is 1. The summed E-state index contributed by atoms with van der Waals surface area (Å²) < 4.78 is 0. The third kappa shape index (κ3) is 3.26. The molecular formula is C15H18N6. The number of aryl methyl sites for hydroxylation is 1. The number of rotatable bonds is 3. The van der Waals surface area contributed by atoms with Gasteiger partial charge in [0.2, 0.25) is 5.82 Å². The van der Waals surface area contributed by atoms with Crippen LogP contribution in [-0.4, -0.2) is 20.6 Å². The molecule has 1 aromatic heterocycles. The van der Waals surface area contributed by atoms with E-state index in [0.717, 1.165) is 11.3 Å². The molecule has 0 saturated carbocycles. The minimum atomic E-state index is 0.00113. The topological polar surface area (TPSA) is 90.3 Å². The van der Waals surface area contributed by atoms with Crippen molar-refractivity contribution >= 4 is 11.3 Å². The molecule has 0 aliphatic rings. The van der Waals surface area contributed by atoms with E-state index < -0.39 is 0 Å². The number of hydrogen-bond acceptors (Lipinski definition) is 5. The zero-order chi connectivity index (χ0) is 15.5. The summed E-state index contributed by atoms with van der Waals surface area (Å²) >= 11 is 0. The quantitative estimate of drug-likeness (QED) is 0.845. The maximum Gasteiger partial charge on any atom is 0.216 e. The van der Waals surface area contributed by atoms with Gasteiger partial charge < -0.3 is 5.32 Å². The molecule has 2 rings (SSSR count). The Morgan fingerprint density at radius 1 is 1.38 bits per heavy atom. The molecule has 2 N–H and O–H groups in total. The summed E-state index contributed by atoms with van der Waals surface area (Å²) in [6, 6.07) is 8.22. The van der Waals surface area contributed by atoms with Crippen molar-refractivity contribution in [2.45, 2.75) is 33.1 Å². The van der Waals surface area contributed by atoms with E-state index in [1.165, 1.54) is 5.56 Å². The molecule has 0 spiro atoms. The maximum atomic E-state index is 9.19. The molecule has 6 nitrogen and oxygen atoms in total. The van der Waals surface area contributed by atoms with Gasteiger partial charge in [-0.25, -0.2) is 0 Å². The molecule has 0 fully saturated rings. The average molecular weight is 282 g/mol. The van der Waals surface area contributed by atoms with Crippen molar-refractivity contribution in [3.63, 3.8) is 0 Å². The first-order chi connectivity index (χ1) is 9.93. The number of H-pyrrole nitrogens is 1. The minimum absolute atomic E-state index is 0.00113. The van der Waals surface area contributed by atoms with E-state index in [2.05, 4.69) is 58.8 Å². The maximum absolute atomic E-state index is 9.19. The van der Waals surface area contributed by atoms with Gasteiger partial charge in [-0.15, -0.1) is 10.2 Å². The molecule has 0 bridgehead atoms. The number of aromatic amines is 1. The zero-order valence-corrected chi connectivity index (χ0v) is 12.6. The predicted octanol–water partition coefficient (Wildman–Crippen LogP) is 2.78. The van der Waals surface area contributed by atoms with Gasteiger partial charge in [0.25, 0.3) is 0 Å². The molecule has 108 valence electrons. The summed E-state index contributed by atoms with van der Waals surface area (Å²) in [5.74, 6) is 0.274. The van der Waals surface area contributed by atoms with Gasteiger partial charge in [-0.1, -0.05) is 39.0 Å². The Balaban J connectivity index is 2.39. The number of nitrogens with one attached hydrogen (secondary N) is 2. The van der Waals surface area contributed by atoms with E-state index in [-0.39, 0.29) is 11.2 Å². The summed E-state index contributed by atoms with van der Waals surface area (Å²) in [7, 11) is 0. The molecule has 0 unspecified atom stereocenters. The first-order valence-corrected chi connectivity index (χ1v) is 6.64. The van der Waals surface area contributed by atoms with Crippen molar-refractivity contribution in [1.29, 1.82) is 5.26 Å². The Labute approximate surface area is 123 Å². The van der Waals surface area contributed by atoms with E-state index in [4.69, 9.17) is 0 Å². The standard InChI is InChI=1S/C15H18N6/c1-10-6-5-7-12(15(2,3)4)13(10)17-9-11(8-16)14-18-20-21-19-14/h5-7,9,17H,1-4H3,(H,18,19,20,21). The van der Waals surface area contributed by atoms with Crippen molar-refractivity contribution in [2.75, 3.05) is 5.32 Å². The molecule has 0 amide bonds. The molecule has 0 aliphatic heterocycles. The molecule has 0 saturated heterocycles. The van der Waals surface area contributed by atoms with Crippen LogP contribution in [0.4, 0.5) is 5.69 Å². The first-order valence-electron chi connectivity index (χ1n) is 6.64.